The van der Waals surface area contributed by atoms with Crippen LogP contribution in [0.25, 0.3) is 0 Å². The van der Waals surface area contributed by atoms with Gasteiger partial charge in [0.05, 0.1) is 0 Å². The van der Waals surface area contributed by atoms with E-state index in [-0.39, 0.29) is 0 Å². The van der Waals surface area contributed by atoms with E-state index < -0.39 is 0 Å². The van der Waals surface area contributed by atoms with Gasteiger partial charge >= 0.3 is 81.2 Å². The van der Waals surface area contributed by atoms with E-state index in [9.17, 15) is 0 Å². The van der Waals surface area contributed by atoms with Crippen LogP contribution >= 0.6 is 0 Å². The Kier molecular flexibility index (Phi) is 4.25. The molecule has 0 nitrogen and oxygen atoms in total. The summed E-state index contributed by atoms with van der Waals surface area (Å²) in [5.41, 5.74) is 1.54. The molecular weight excluding hydrogens is 266 g/mol. The fraction of sp³-hybridized carbons (Fsp3) is 0.333. The van der Waals surface area contributed by atoms with Gasteiger partial charge in [0.1, 0.15) is 0 Å². The van der Waals surface area contributed by atoms with Crippen molar-refractivity contribution in [3.63, 3.8) is 0 Å². The number of hydrogen-bond donors (Lipinski definition) is 0. The van der Waals surface area contributed by atoms with E-state index in [2.05, 4.69) is 42.0 Å². The average molecular weight is 278 g/mol. The summed E-state index contributed by atoms with van der Waals surface area (Å²) in [6.45, 7) is 0. The molecule has 0 aliphatic carbocycles. The Morgan fingerprint density at radius 1 is 1.00 bits per heavy atom. The molecule has 1 aromatic carbocycles. The molecule has 0 spiro atoms. The molecule has 0 radical (unpaired) electrons. The standard InChI is InChI=1S/C9H12Se2/c1-10-9(11-2)8-6-4-3-5-7-8/h3-7,9H,1-2H3. The van der Waals surface area contributed by atoms with E-state index >= 15 is 0 Å². The molecule has 0 aliphatic rings. The fourth-order valence-corrected chi connectivity index (χ4v) is 5.28. The van der Waals surface area contributed by atoms with Crippen LogP contribution < -0.4 is 0 Å². The van der Waals surface area contributed by atoms with Crippen LogP contribution in [0.4, 0.5) is 0 Å². The van der Waals surface area contributed by atoms with Gasteiger partial charge in [0.15, 0.2) is 0 Å². The van der Waals surface area contributed by atoms with Crippen molar-refractivity contribution in [2.45, 2.75) is 15.4 Å². The zero-order chi connectivity index (χ0) is 8.10. The third-order valence-corrected chi connectivity index (χ3v) is 8.63. The minimum absolute atomic E-state index is 0.774. The van der Waals surface area contributed by atoms with Crippen molar-refractivity contribution >= 4 is 29.9 Å². The molecule has 0 saturated heterocycles. The summed E-state index contributed by atoms with van der Waals surface area (Å²) in [7, 11) is 0. The molecule has 0 atom stereocenters. The van der Waals surface area contributed by atoms with Gasteiger partial charge in [-0.3, -0.25) is 0 Å². The van der Waals surface area contributed by atoms with Crippen molar-refractivity contribution in [2.24, 2.45) is 0 Å². The zero-order valence-corrected chi connectivity index (χ0v) is 10.2. The van der Waals surface area contributed by atoms with E-state index in [1.54, 1.807) is 0 Å². The SMILES string of the molecule is C[Se]C([Se]C)c1ccccc1. The van der Waals surface area contributed by atoms with Crippen LogP contribution in [-0.2, 0) is 0 Å². The topological polar surface area (TPSA) is 0 Å². The van der Waals surface area contributed by atoms with Crippen molar-refractivity contribution in [2.75, 3.05) is 0 Å². The summed E-state index contributed by atoms with van der Waals surface area (Å²) in [6.07, 6.45) is 0. The van der Waals surface area contributed by atoms with Crippen molar-refractivity contribution < 1.29 is 0 Å². The Bertz CT molecular complexity index is 192. The number of hydrogen-bond acceptors (Lipinski definition) is 0. The molecule has 0 aliphatic heterocycles. The molecule has 0 saturated carbocycles. The van der Waals surface area contributed by atoms with Gasteiger partial charge < -0.3 is 0 Å². The maximum absolute atomic E-state index is 2.33. The third-order valence-electron chi connectivity index (χ3n) is 1.50. The van der Waals surface area contributed by atoms with E-state index in [0.29, 0.717) is 0 Å². The summed E-state index contributed by atoms with van der Waals surface area (Å²) < 4.78 is 0.885. The van der Waals surface area contributed by atoms with E-state index in [4.69, 9.17) is 0 Å². The molecule has 0 amide bonds. The summed E-state index contributed by atoms with van der Waals surface area (Å²) >= 11 is 1.55. The molecule has 0 fully saturated rings. The normalized spacial score (nSPS) is 10.5. The second-order valence-electron chi connectivity index (χ2n) is 2.21. The Morgan fingerprint density at radius 2 is 1.55 bits per heavy atom. The second kappa shape index (κ2) is 5.00. The van der Waals surface area contributed by atoms with Crippen molar-refractivity contribution in [1.29, 1.82) is 0 Å². The van der Waals surface area contributed by atoms with Crippen molar-refractivity contribution in [3.8, 4) is 0 Å². The zero-order valence-electron chi connectivity index (χ0n) is 6.78. The first-order valence-corrected chi connectivity index (χ1v) is 8.89. The van der Waals surface area contributed by atoms with Gasteiger partial charge in [0.25, 0.3) is 0 Å². The summed E-state index contributed by atoms with van der Waals surface area (Å²) in [4.78, 5) is 0. The van der Waals surface area contributed by atoms with E-state index in [0.717, 1.165) is 33.6 Å². The second-order valence-corrected chi connectivity index (χ2v) is 7.68. The molecule has 60 valence electrons. The van der Waals surface area contributed by atoms with Gasteiger partial charge in [-0.1, -0.05) is 0 Å². The van der Waals surface area contributed by atoms with Crippen LogP contribution in [0.3, 0.4) is 0 Å². The molecule has 0 unspecified atom stereocenters. The van der Waals surface area contributed by atoms with Crippen LogP contribution in [-0.4, -0.2) is 29.9 Å². The summed E-state index contributed by atoms with van der Waals surface area (Å²) in [6, 6.07) is 10.9. The van der Waals surface area contributed by atoms with E-state index in [1.807, 2.05) is 0 Å². The molecule has 0 heterocycles. The van der Waals surface area contributed by atoms with E-state index in [1.165, 1.54) is 5.56 Å². The number of rotatable bonds is 3. The predicted octanol–water partition coefficient (Wildman–Crippen LogP) is 2.19. The van der Waals surface area contributed by atoms with Crippen LogP contribution in [0.2, 0.25) is 11.6 Å². The van der Waals surface area contributed by atoms with Crippen LogP contribution in [0.1, 0.15) is 9.28 Å². The Labute approximate surface area is 81.1 Å². The van der Waals surface area contributed by atoms with Crippen LogP contribution in [0, 0.1) is 0 Å². The van der Waals surface area contributed by atoms with Crippen LogP contribution in [0.15, 0.2) is 30.3 Å². The first-order valence-electron chi connectivity index (χ1n) is 3.49. The summed E-state index contributed by atoms with van der Waals surface area (Å²) in [5.74, 6) is 4.66. The molecule has 2 heteroatoms. The van der Waals surface area contributed by atoms with Gasteiger partial charge in [-0.2, -0.15) is 0 Å². The van der Waals surface area contributed by atoms with Gasteiger partial charge in [0.2, 0.25) is 0 Å². The van der Waals surface area contributed by atoms with Gasteiger partial charge in [-0.25, -0.2) is 0 Å². The molecular formula is C9H12Se2. The average Bonchev–Trinajstić information content (AvgIpc) is 2.09. The Morgan fingerprint density at radius 3 is 2.00 bits per heavy atom. The first kappa shape index (κ1) is 9.35. The monoisotopic (exact) mass is 280 g/mol. The Balaban J connectivity index is 2.74. The molecule has 1 rings (SSSR count). The van der Waals surface area contributed by atoms with Crippen LogP contribution in [0.5, 0.6) is 0 Å². The first-order chi connectivity index (χ1) is 5.38. The van der Waals surface area contributed by atoms with Gasteiger partial charge in [-0.05, 0) is 0 Å². The van der Waals surface area contributed by atoms with Gasteiger partial charge in [0, 0.05) is 0 Å². The molecule has 0 aromatic heterocycles. The predicted molar refractivity (Wildman–Crippen MR) is 52.4 cm³/mol. The van der Waals surface area contributed by atoms with Gasteiger partial charge in [-0.15, -0.1) is 0 Å². The molecule has 11 heavy (non-hydrogen) atoms. The molecule has 0 bridgehead atoms. The van der Waals surface area contributed by atoms with Crippen molar-refractivity contribution in [3.05, 3.63) is 35.9 Å². The summed E-state index contributed by atoms with van der Waals surface area (Å²) in [5, 5.41) is 0. The molecule has 1 aromatic rings. The quantitative estimate of drug-likeness (QED) is 0.743. The molecule has 0 N–H and O–H groups in total. The number of benzene rings is 1. The Hall–Kier alpha value is 0.259. The minimum atomic E-state index is 0.774. The maximum atomic E-state index is 2.33. The fourth-order valence-electron chi connectivity index (χ4n) is 0.979. The van der Waals surface area contributed by atoms with Crippen molar-refractivity contribution in [1.82, 2.24) is 0 Å². The third kappa shape index (κ3) is 2.65.